The largest absolute Gasteiger partial charge is 0.495 e. The van der Waals surface area contributed by atoms with Gasteiger partial charge in [-0.2, -0.15) is 0 Å². The number of halogens is 3. The lowest BCUT2D eigenvalue weighted by atomic mass is 10.0. The molecule has 1 N–H and O–H groups in total. The highest BCUT2D eigenvalue weighted by Crippen LogP contribution is 2.40. The maximum Gasteiger partial charge on any atom is 0.227 e. The van der Waals surface area contributed by atoms with Crippen LogP contribution in [-0.2, 0) is 9.59 Å². The van der Waals surface area contributed by atoms with Gasteiger partial charge in [0.1, 0.15) is 11.5 Å². The molecule has 1 aliphatic heterocycles. The fourth-order valence-corrected chi connectivity index (χ4v) is 3.60. The number of nitrogens with one attached hydrogen (secondary N) is 1. The molecule has 1 heterocycles. The van der Waals surface area contributed by atoms with Crippen molar-refractivity contribution in [2.24, 2.45) is 5.92 Å². The van der Waals surface area contributed by atoms with Crippen LogP contribution in [0.3, 0.4) is 0 Å². The molecule has 9 heteroatoms. The second-order valence-corrected chi connectivity index (χ2v) is 7.38. The Morgan fingerprint density at radius 2 is 1.87 bits per heavy atom. The summed E-state index contributed by atoms with van der Waals surface area (Å²) < 4.78 is 37.1. The highest BCUT2D eigenvalue weighted by Gasteiger charge is 2.37. The molecular formula is C21H21ClF2N2O4. The second-order valence-electron chi connectivity index (χ2n) is 6.97. The molecule has 160 valence electrons. The van der Waals surface area contributed by atoms with Crippen LogP contribution < -0.4 is 19.7 Å². The van der Waals surface area contributed by atoms with Crippen LogP contribution in [0.25, 0.3) is 0 Å². The Kier molecular flexibility index (Phi) is 6.45. The smallest absolute Gasteiger partial charge is 0.227 e. The Labute approximate surface area is 177 Å². The zero-order chi connectivity index (χ0) is 22.0. The molecule has 0 aliphatic carbocycles. The molecule has 0 aromatic heterocycles. The maximum atomic E-state index is 13.5. The van der Waals surface area contributed by atoms with Gasteiger partial charge in [-0.05, 0) is 30.7 Å². The fourth-order valence-electron chi connectivity index (χ4n) is 3.37. The summed E-state index contributed by atoms with van der Waals surface area (Å²) in [6.07, 6.45) is 0.00311. The highest BCUT2D eigenvalue weighted by atomic mass is 35.5. The zero-order valence-corrected chi connectivity index (χ0v) is 17.4. The van der Waals surface area contributed by atoms with E-state index >= 15 is 0 Å². The van der Waals surface area contributed by atoms with E-state index in [1.54, 1.807) is 19.1 Å². The van der Waals surface area contributed by atoms with Gasteiger partial charge in [0.05, 0.1) is 36.9 Å². The van der Waals surface area contributed by atoms with Crippen LogP contribution in [0.4, 0.5) is 14.5 Å². The van der Waals surface area contributed by atoms with Gasteiger partial charge in [0.15, 0.2) is 11.6 Å². The monoisotopic (exact) mass is 438 g/mol. The fraction of sp³-hybridized carbons (Fsp3) is 0.333. The van der Waals surface area contributed by atoms with Crippen molar-refractivity contribution in [3.8, 4) is 11.5 Å². The number of nitrogens with zero attached hydrogens (tertiary/aromatic N) is 1. The Bertz CT molecular complexity index is 986. The van der Waals surface area contributed by atoms with Crippen molar-refractivity contribution in [1.29, 1.82) is 0 Å². The van der Waals surface area contributed by atoms with Gasteiger partial charge < -0.3 is 19.7 Å². The summed E-state index contributed by atoms with van der Waals surface area (Å²) >= 11 is 6.19. The lowest BCUT2D eigenvalue weighted by Gasteiger charge is -2.21. The van der Waals surface area contributed by atoms with Crippen LogP contribution in [-0.4, -0.2) is 32.6 Å². The maximum absolute atomic E-state index is 13.5. The van der Waals surface area contributed by atoms with E-state index in [1.165, 1.54) is 25.2 Å². The third-order valence-electron chi connectivity index (χ3n) is 5.04. The topological polar surface area (TPSA) is 67.9 Å². The van der Waals surface area contributed by atoms with Crippen LogP contribution >= 0.6 is 11.6 Å². The zero-order valence-electron chi connectivity index (χ0n) is 16.7. The number of carbonyl (C=O) groups excluding carboxylic acids is 2. The van der Waals surface area contributed by atoms with E-state index in [2.05, 4.69) is 5.32 Å². The number of rotatable bonds is 6. The van der Waals surface area contributed by atoms with E-state index in [-0.39, 0.29) is 24.8 Å². The van der Waals surface area contributed by atoms with Gasteiger partial charge in [-0.25, -0.2) is 8.78 Å². The van der Waals surface area contributed by atoms with Gasteiger partial charge in [-0.1, -0.05) is 17.7 Å². The van der Waals surface area contributed by atoms with Crippen LogP contribution in [0.1, 0.15) is 24.9 Å². The molecule has 3 rings (SSSR count). The molecule has 6 nitrogen and oxygen atoms in total. The number of methoxy groups -OCH3 is 2. The average Bonchev–Trinajstić information content (AvgIpc) is 3.11. The van der Waals surface area contributed by atoms with Gasteiger partial charge in [0.25, 0.3) is 0 Å². The Balaban J connectivity index is 1.74. The summed E-state index contributed by atoms with van der Waals surface area (Å²) in [5.74, 6) is -2.38. The number of anilines is 1. The Hall–Kier alpha value is -2.87. The molecule has 2 aromatic carbocycles. The molecule has 2 aromatic rings. The van der Waals surface area contributed by atoms with Gasteiger partial charge >= 0.3 is 0 Å². The standard InChI is InChI=1S/C21H21ClF2N2O4/c1-11(12-4-5-15(23)16(24)6-12)25-21(28)13-7-20(27)26(10-13)17-8-14(22)18(29-2)9-19(17)30-3/h4-6,8-9,11,13H,7,10H2,1-3H3,(H,25,28)/t11-,13+/m0/s1. The Morgan fingerprint density at radius 3 is 2.50 bits per heavy atom. The second kappa shape index (κ2) is 8.87. The van der Waals surface area contributed by atoms with Gasteiger partial charge in [-0.3, -0.25) is 9.59 Å². The first-order valence-corrected chi connectivity index (χ1v) is 9.60. The van der Waals surface area contributed by atoms with Crippen molar-refractivity contribution >= 4 is 29.1 Å². The van der Waals surface area contributed by atoms with Crippen LogP contribution in [0.15, 0.2) is 30.3 Å². The molecular weight excluding hydrogens is 418 g/mol. The Morgan fingerprint density at radius 1 is 1.17 bits per heavy atom. The molecule has 2 amide bonds. The minimum atomic E-state index is -0.987. The lowest BCUT2D eigenvalue weighted by molar-refractivity contribution is -0.126. The third-order valence-corrected chi connectivity index (χ3v) is 5.34. The molecule has 0 spiro atoms. The third kappa shape index (κ3) is 4.33. The number of hydrogen-bond donors (Lipinski definition) is 1. The van der Waals surface area contributed by atoms with Crippen LogP contribution in [0.5, 0.6) is 11.5 Å². The lowest BCUT2D eigenvalue weighted by Crippen LogP contribution is -2.34. The summed E-state index contributed by atoms with van der Waals surface area (Å²) in [6, 6.07) is 6.02. The van der Waals surface area contributed by atoms with Crippen molar-refractivity contribution in [1.82, 2.24) is 5.32 Å². The van der Waals surface area contributed by atoms with Crippen molar-refractivity contribution in [3.05, 3.63) is 52.6 Å². The summed E-state index contributed by atoms with van der Waals surface area (Å²) in [7, 11) is 2.93. The van der Waals surface area contributed by atoms with Gasteiger partial charge in [0, 0.05) is 19.0 Å². The van der Waals surface area contributed by atoms with E-state index in [9.17, 15) is 18.4 Å². The molecule has 1 aliphatic rings. The van der Waals surface area contributed by atoms with Gasteiger partial charge in [0.2, 0.25) is 11.8 Å². The van der Waals surface area contributed by atoms with E-state index < -0.39 is 23.6 Å². The van der Waals surface area contributed by atoms with Crippen molar-refractivity contribution < 1.29 is 27.8 Å². The number of amides is 2. The van der Waals surface area contributed by atoms with Crippen molar-refractivity contribution in [2.75, 3.05) is 25.7 Å². The quantitative estimate of drug-likeness (QED) is 0.743. The molecule has 0 unspecified atom stereocenters. The molecule has 30 heavy (non-hydrogen) atoms. The van der Waals surface area contributed by atoms with E-state index in [1.807, 2.05) is 0 Å². The molecule has 0 radical (unpaired) electrons. The first kappa shape index (κ1) is 21.8. The molecule has 0 bridgehead atoms. The van der Waals surface area contributed by atoms with Crippen LogP contribution in [0.2, 0.25) is 5.02 Å². The summed E-state index contributed by atoms with van der Waals surface area (Å²) in [5.41, 5.74) is 0.865. The average molecular weight is 439 g/mol. The van der Waals surface area contributed by atoms with Crippen molar-refractivity contribution in [2.45, 2.75) is 19.4 Å². The minimum absolute atomic E-state index is 0.00311. The van der Waals surface area contributed by atoms with Crippen molar-refractivity contribution in [3.63, 3.8) is 0 Å². The number of ether oxygens (including phenoxy) is 2. The summed E-state index contributed by atoms with van der Waals surface area (Å²) in [4.78, 5) is 26.7. The van der Waals surface area contributed by atoms with E-state index in [4.69, 9.17) is 21.1 Å². The molecule has 2 atom stereocenters. The van der Waals surface area contributed by atoms with E-state index in [0.29, 0.717) is 27.8 Å². The molecule has 1 saturated heterocycles. The van der Waals surface area contributed by atoms with E-state index in [0.717, 1.165) is 12.1 Å². The minimum Gasteiger partial charge on any atom is -0.495 e. The molecule has 1 fully saturated rings. The number of hydrogen-bond acceptors (Lipinski definition) is 4. The van der Waals surface area contributed by atoms with Crippen LogP contribution in [0, 0.1) is 17.6 Å². The predicted octanol–water partition coefficient (Wildman–Crippen LogP) is 3.87. The molecule has 0 saturated carbocycles. The number of benzene rings is 2. The predicted molar refractivity (Wildman–Crippen MR) is 108 cm³/mol. The highest BCUT2D eigenvalue weighted by molar-refractivity contribution is 6.32. The van der Waals surface area contributed by atoms with Gasteiger partial charge in [-0.15, -0.1) is 0 Å². The first-order valence-electron chi connectivity index (χ1n) is 9.22. The first-order chi connectivity index (χ1) is 14.2. The number of carbonyl (C=O) groups is 2. The SMILES string of the molecule is COc1cc(OC)c(N2C[C@H](C(=O)N[C@@H](C)c3ccc(F)c(F)c3)CC2=O)cc1Cl. The summed E-state index contributed by atoms with van der Waals surface area (Å²) in [5, 5.41) is 3.06. The summed E-state index contributed by atoms with van der Waals surface area (Å²) in [6.45, 7) is 1.79. The normalized spacial score (nSPS) is 17.1.